The van der Waals surface area contributed by atoms with Crippen molar-refractivity contribution >= 4 is 17.7 Å². The largest absolute Gasteiger partial charge is 0.502 e. The molecule has 2 atom stereocenters. The lowest BCUT2D eigenvalue weighted by Crippen LogP contribution is -2.60. The number of aromatic nitrogens is 1. The van der Waals surface area contributed by atoms with Gasteiger partial charge >= 0.3 is 6.18 Å². The second kappa shape index (κ2) is 8.92. The molecule has 0 aliphatic carbocycles. The van der Waals surface area contributed by atoms with Crippen LogP contribution in [0.25, 0.3) is 0 Å². The molecule has 10 heteroatoms. The van der Waals surface area contributed by atoms with Crippen LogP contribution in [-0.4, -0.2) is 39.5 Å². The van der Waals surface area contributed by atoms with E-state index in [1.807, 2.05) is 49.4 Å². The minimum atomic E-state index is -4.70. The van der Waals surface area contributed by atoms with Crippen LogP contribution in [0.5, 0.6) is 5.75 Å². The minimum Gasteiger partial charge on any atom is -0.502 e. The molecule has 0 spiro atoms. The van der Waals surface area contributed by atoms with Crippen molar-refractivity contribution in [1.29, 1.82) is 0 Å². The fraction of sp³-hybridized carbons (Fsp3) is 0.308. The van der Waals surface area contributed by atoms with E-state index in [0.29, 0.717) is 17.1 Å². The Bertz CT molecular complexity index is 1410. The van der Waals surface area contributed by atoms with Crippen molar-refractivity contribution in [2.24, 2.45) is 0 Å². The number of hydrogen-bond acceptors (Lipinski definition) is 5. The van der Waals surface area contributed by atoms with E-state index in [-0.39, 0.29) is 0 Å². The highest BCUT2D eigenvalue weighted by molar-refractivity contribution is 7.98. The van der Waals surface area contributed by atoms with E-state index < -0.39 is 47.7 Å². The zero-order chi connectivity index (χ0) is 25.8. The second-order valence-electron chi connectivity index (χ2n) is 8.87. The number of nitrogens with zero attached hydrogens (tertiary/aromatic N) is 3. The van der Waals surface area contributed by atoms with Gasteiger partial charge in [-0.3, -0.25) is 19.3 Å². The highest BCUT2D eigenvalue weighted by Crippen LogP contribution is 2.44. The van der Waals surface area contributed by atoms with Crippen molar-refractivity contribution in [3.63, 3.8) is 0 Å². The minimum absolute atomic E-state index is 0.393. The van der Waals surface area contributed by atoms with Crippen LogP contribution >= 0.6 is 11.8 Å². The number of amides is 1. The zero-order valence-electron chi connectivity index (χ0n) is 19.6. The number of aryl methyl sites for hydroxylation is 1. The van der Waals surface area contributed by atoms with Crippen molar-refractivity contribution in [2.75, 3.05) is 11.7 Å². The summed E-state index contributed by atoms with van der Waals surface area (Å²) in [6, 6.07) is 12.1. The van der Waals surface area contributed by atoms with Crippen LogP contribution in [-0.2, 0) is 12.2 Å². The van der Waals surface area contributed by atoms with Crippen LogP contribution in [0, 0.1) is 0 Å². The number of alkyl halides is 3. The smallest absolute Gasteiger partial charge is 0.408 e. The van der Waals surface area contributed by atoms with E-state index in [9.17, 15) is 27.9 Å². The molecule has 2 aliphatic heterocycles. The summed E-state index contributed by atoms with van der Waals surface area (Å²) in [7, 11) is 0. The van der Waals surface area contributed by atoms with Gasteiger partial charge in [0, 0.05) is 22.9 Å². The summed E-state index contributed by atoms with van der Waals surface area (Å²) in [5.41, 5.74) is 2.60. The van der Waals surface area contributed by atoms with E-state index in [1.165, 1.54) is 10.9 Å². The van der Waals surface area contributed by atoms with Gasteiger partial charge in [-0.1, -0.05) is 43.3 Å². The molecule has 0 saturated heterocycles. The Labute approximate surface area is 209 Å². The van der Waals surface area contributed by atoms with Gasteiger partial charge in [0.25, 0.3) is 5.91 Å². The number of pyridine rings is 1. The zero-order valence-corrected chi connectivity index (χ0v) is 20.4. The first-order valence-electron chi connectivity index (χ1n) is 11.5. The Morgan fingerprint density at radius 1 is 1.11 bits per heavy atom. The number of rotatable bonds is 3. The van der Waals surface area contributed by atoms with Gasteiger partial charge in [0.15, 0.2) is 11.4 Å². The Morgan fingerprint density at radius 3 is 2.58 bits per heavy atom. The van der Waals surface area contributed by atoms with E-state index in [4.69, 9.17) is 0 Å². The molecule has 5 rings (SSSR count). The van der Waals surface area contributed by atoms with Gasteiger partial charge in [0.1, 0.15) is 12.7 Å². The third kappa shape index (κ3) is 3.84. The molecule has 1 amide bonds. The average Bonchev–Trinajstić information content (AvgIpc) is 3.02. The van der Waals surface area contributed by atoms with E-state index >= 15 is 0 Å². The first kappa shape index (κ1) is 24.3. The van der Waals surface area contributed by atoms with Gasteiger partial charge in [-0.25, -0.2) is 0 Å². The number of fused-ring (bicyclic) bond motifs is 3. The van der Waals surface area contributed by atoms with E-state index in [0.717, 1.165) is 40.1 Å². The number of carbonyl (C=O) groups is 1. The number of hydrogen-bond donors (Lipinski definition) is 1. The Balaban J connectivity index is 1.81. The SMILES string of the molecule is CCc1cccc2c1[C@@H](N1CN(C(C)C(F)(F)F)C(=O)c3c(O)c(=O)ccn31)c1ccccc1SC2. The molecule has 3 aromatic rings. The summed E-state index contributed by atoms with van der Waals surface area (Å²) < 4.78 is 42.9. The third-order valence-corrected chi connectivity index (χ3v) is 8.01. The molecule has 0 saturated carbocycles. The molecule has 188 valence electrons. The Hall–Kier alpha value is -3.40. The number of aromatic hydroxyl groups is 1. The van der Waals surface area contributed by atoms with Crippen molar-refractivity contribution in [1.82, 2.24) is 9.58 Å². The highest BCUT2D eigenvalue weighted by atomic mass is 32.2. The Morgan fingerprint density at radius 2 is 1.86 bits per heavy atom. The quantitative estimate of drug-likeness (QED) is 0.542. The summed E-state index contributed by atoms with van der Waals surface area (Å²) in [5, 5.41) is 12.2. The average molecular weight is 516 g/mol. The molecule has 6 nitrogen and oxygen atoms in total. The molecular formula is C26H24F3N3O3S. The fourth-order valence-electron chi connectivity index (χ4n) is 4.95. The standard InChI is InChI=1S/C26H24F3N3O3S/c1-3-16-7-6-8-17-13-36-20-10-5-4-9-18(20)22(21(16)17)32-14-30(15(2)26(27,28)29)25(35)23-24(34)19(33)11-12-31(23)32/h4-12,15,22,34H,3,13-14H2,1-2H3/t15?,22-/m0/s1. The highest BCUT2D eigenvalue weighted by Gasteiger charge is 2.47. The van der Waals surface area contributed by atoms with Gasteiger partial charge in [-0.15, -0.1) is 11.8 Å². The summed E-state index contributed by atoms with van der Waals surface area (Å²) >= 11 is 1.64. The molecule has 1 unspecified atom stereocenters. The molecule has 1 aromatic heterocycles. The van der Waals surface area contributed by atoms with Gasteiger partial charge in [-0.05, 0) is 41.7 Å². The summed E-state index contributed by atoms with van der Waals surface area (Å²) in [4.78, 5) is 27.2. The van der Waals surface area contributed by atoms with Crippen LogP contribution in [0.4, 0.5) is 13.2 Å². The first-order chi connectivity index (χ1) is 17.1. The molecule has 36 heavy (non-hydrogen) atoms. The molecule has 0 fully saturated rings. The molecule has 3 heterocycles. The van der Waals surface area contributed by atoms with Crippen molar-refractivity contribution in [3.8, 4) is 5.75 Å². The van der Waals surface area contributed by atoms with Crippen molar-refractivity contribution < 1.29 is 23.1 Å². The van der Waals surface area contributed by atoms with Crippen LogP contribution in [0.2, 0.25) is 0 Å². The Kier molecular flexibility index (Phi) is 6.02. The van der Waals surface area contributed by atoms with Gasteiger partial charge < -0.3 is 10.0 Å². The number of carbonyl (C=O) groups excluding carboxylic acids is 1. The van der Waals surface area contributed by atoms with Gasteiger partial charge in [0.2, 0.25) is 5.43 Å². The number of thioether (sulfide) groups is 1. The molecule has 0 radical (unpaired) electrons. The normalized spacial score (nSPS) is 18.2. The summed E-state index contributed by atoms with van der Waals surface area (Å²) in [6.45, 7) is 2.53. The molecule has 0 bridgehead atoms. The fourth-order valence-corrected chi connectivity index (χ4v) is 6.03. The molecule has 2 aromatic carbocycles. The maximum absolute atomic E-state index is 13.8. The van der Waals surface area contributed by atoms with Crippen LogP contribution in [0.1, 0.15) is 52.6 Å². The van der Waals surface area contributed by atoms with Gasteiger partial charge in [0.05, 0.1) is 6.04 Å². The second-order valence-corrected chi connectivity index (χ2v) is 9.88. The summed E-state index contributed by atoms with van der Waals surface area (Å²) in [6.07, 6.45) is -2.65. The third-order valence-electron chi connectivity index (χ3n) is 6.87. The predicted molar refractivity (Wildman–Crippen MR) is 131 cm³/mol. The lowest BCUT2D eigenvalue weighted by atomic mass is 9.89. The van der Waals surface area contributed by atoms with E-state index in [1.54, 1.807) is 16.8 Å². The van der Waals surface area contributed by atoms with Crippen LogP contribution in [0.3, 0.4) is 0 Å². The maximum Gasteiger partial charge on any atom is 0.408 e. The van der Waals surface area contributed by atoms with E-state index in [2.05, 4.69) is 0 Å². The van der Waals surface area contributed by atoms with Crippen LogP contribution < -0.4 is 10.4 Å². The first-order valence-corrected chi connectivity index (χ1v) is 12.5. The topological polar surface area (TPSA) is 65.8 Å². The predicted octanol–water partition coefficient (Wildman–Crippen LogP) is 4.81. The summed E-state index contributed by atoms with van der Waals surface area (Å²) in [5.74, 6) is -1.24. The number of benzene rings is 2. The molecular weight excluding hydrogens is 491 g/mol. The molecule has 1 N–H and O–H groups in total. The molecule has 2 aliphatic rings. The monoisotopic (exact) mass is 515 g/mol. The van der Waals surface area contributed by atoms with Crippen molar-refractivity contribution in [3.05, 3.63) is 92.9 Å². The van der Waals surface area contributed by atoms with Gasteiger partial charge in [-0.2, -0.15) is 13.2 Å². The lowest BCUT2D eigenvalue weighted by Gasteiger charge is -2.46. The maximum atomic E-state index is 13.8. The van der Waals surface area contributed by atoms with Crippen molar-refractivity contribution in [2.45, 2.75) is 49.2 Å². The number of halogens is 3. The van der Waals surface area contributed by atoms with Crippen LogP contribution in [0.15, 0.2) is 64.4 Å². The lowest BCUT2D eigenvalue weighted by molar-refractivity contribution is -0.173.